The molecule has 1 heterocycles. The minimum absolute atomic E-state index is 0.133. The standard InChI is InChI=1S/C20H20ClN3O3/c1-14-3-8-17(18(11-14)26-2)27-13-20(25)23-19-9-10-22-24(19)12-15-4-6-16(21)7-5-15/h3-11H,12-13H2,1-2H3,(H,23,25). The highest BCUT2D eigenvalue weighted by molar-refractivity contribution is 6.30. The van der Waals surface area contributed by atoms with E-state index in [4.69, 9.17) is 21.1 Å². The van der Waals surface area contributed by atoms with E-state index < -0.39 is 0 Å². The summed E-state index contributed by atoms with van der Waals surface area (Å²) in [5, 5.41) is 7.74. The molecule has 0 saturated carbocycles. The van der Waals surface area contributed by atoms with Gasteiger partial charge in [0, 0.05) is 11.1 Å². The van der Waals surface area contributed by atoms with Gasteiger partial charge in [-0.1, -0.05) is 29.8 Å². The number of nitrogens with one attached hydrogen (secondary N) is 1. The minimum Gasteiger partial charge on any atom is -0.493 e. The van der Waals surface area contributed by atoms with E-state index in [1.807, 2.05) is 43.3 Å². The molecule has 0 aliphatic carbocycles. The average molecular weight is 386 g/mol. The summed E-state index contributed by atoms with van der Waals surface area (Å²) in [6.45, 7) is 2.35. The van der Waals surface area contributed by atoms with Crippen molar-refractivity contribution in [1.29, 1.82) is 0 Å². The summed E-state index contributed by atoms with van der Waals surface area (Å²) in [5.41, 5.74) is 2.08. The minimum atomic E-state index is -0.282. The number of benzene rings is 2. The highest BCUT2D eigenvalue weighted by Crippen LogP contribution is 2.27. The first-order chi connectivity index (χ1) is 13.0. The maximum absolute atomic E-state index is 12.3. The van der Waals surface area contributed by atoms with Gasteiger partial charge >= 0.3 is 0 Å². The van der Waals surface area contributed by atoms with E-state index in [1.165, 1.54) is 0 Å². The molecule has 1 N–H and O–H groups in total. The molecule has 2 aromatic carbocycles. The third kappa shape index (κ3) is 5.01. The number of methoxy groups -OCH3 is 1. The number of amides is 1. The van der Waals surface area contributed by atoms with Crippen molar-refractivity contribution in [2.75, 3.05) is 19.0 Å². The maximum Gasteiger partial charge on any atom is 0.263 e. The maximum atomic E-state index is 12.3. The van der Waals surface area contributed by atoms with E-state index in [-0.39, 0.29) is 12.5 Å². The molecule has 0 fully saturated rings. The van der Waals surface area contributed by atoms with Crippen LogP contribution in [0.25, 0.3) is 0 Å². The number of hydrogen-bond acceptors (Lipinski definition) is 4. The molecule has 1 aromatic heterocycles. The van der Waals surface area contributed by atoms with E-state index in [9.17, 15) is 4.79 Å². The molecule has 1 amide bonds. The molecule has 0 unspecified atom stereocenters. The van der Waals surface area contributed by atoms with Crippen LogP contribution >= 0.6 is 11.6 Å². The fourth-order valence-corrected chi connectivity index (χ4v) is 2.67. The number of anilines is 1. The first kappa shape index (κ1) is 18.8. The largest absolute Gasteiger partial charge is 0.493 e. The monoisotopic (exact) mass is 385 g/mol. The Kier molecular flexibility index (Phi) is 5.98. The fourth-order valence-electron chi connectivity index (χ4n) is 2.54. The van der Waals surface area contributed by atoms with Crippen LogP contribution in [-0.2, 0) is 11.3 Å². The molecule has 0 spiro atoms. The summed E-state index contributed by atoms with van der Waals surface area (Å²) in [4.78, 5) is 12.3. The second kappa shape index (κ2) is 8.60. The summed E-state index contributed by atoms with van der Waals surface area (Å²) in [6, 6.07) is 14.8. The molecule has 0 bridgehead atoms. The highest BCUT2D eigenvalue weighted by Gasteiger charge is 2.11. The fraction of sp³-hybridized carbons (Fsp3) is 0.200. The molecule has 0 aliphatic heterocycles. The first-order valence-corrected chi connectivity index (χ1v) is 8.76. The Hall–Kier alpha value is -2.99. The van der Waals surface area contributed by atoms with Crippen LogP contribution in [0.4, 0.5) is 5.82 Å². The lowest BCUT2D eigenvalue weighted by molar-refractivity contribution is -0.118. The number of ether oxygens (including phenoxy) is 2. The van der Waals surface area contributed by atoms with Crippen LogP contribution in [0.15, 0.2) is 54.7 Å². The zero-order chi connectivity index (χ0) is 19.2. The molecular weight excluding hydrogens is 366 g/mol. The van der Waals surface area contributed by atoms with Crippen molar-refractivity contribution in [1.82, 2.24) is 9.78 Å². The summed E-state index contributed by atoms with van der Waals surface area (Å²) in [7, 11) is 1.57. The number of hydrogen-bond donors (Lipinski definition) is 1. The van der Waals surface area contributed by atoms with Gasteiger partial charge in [0.25, 0.3) is 5.91 Å². The van der Waals surface area contributed by atoms with Gasteiger partial charge in [0.2, 0.25) is 0 Å². The Morgan fingerprint density at radius 3 is 2.67 bits per heavy atom. The average Bonchev–Trinajstić information content (AvgIpc) is 3.09. The molecule has 3 rings (SSSR count). The molecule has 0 aliphatic rings. The van der Waals surface area contributed by atoms with Crippen LogP contribution in [0.5, 0.6) is 11.5 Å². The van der Waals surface area contributed by atoms with Crippen molar-refractivity contribution >= 4 is 23.3 Å². The molecule has 7 heteroatoms. The van der Waals surface area contributed by atoms with Gasteiger partial charge in [-0.15, -0.1) is 0 Å². The Bertz CT molecular complexity index is 922. The summed E-state index contributed by atoms with van der Waals surface area (Å²) >= 11 is 5.91. The number of aryl methyl sites for hydroxylation is 1. The molecule has 0 atom stereocenters. The number of rotatable bonds is 7. The molecule has 140 valence electrons. The van der Waals surface area contributed by atoms with E-state index >= 15 is 0 Å². The van der Waals surface area contributed by atoms with E-state index in [1.54, 1.807) is 30.1 Å². The zero-order valence-corrected chi connectivity index (χ0v) is 15.9. The summed E-state index contributed by atoms with van der Waals surface area (Å²) in [5.74, 6) is 1.42. The third-order valence-corrected chi connectivity index (χ3v) is 4.16. The van der Waals surface area contributed by atoms with Gasteiger partial charge in [-0.25, -0.2) is 4.68 Å². The van der Waals surface area contributed by atoms with Gasteiger partial charge in [-0.05, 0) is 42.3 Å². The van der Waals surface area contributed by atoms with Gasteiger partial charge in [-0.3, -0.25) is 4.79 Å². The number of halogens is 1. The van der Waals surface area contributed by atoms with Crippen LogP contribution in [0.2, 0.25) is 5.02 Å². The summed E-state index contributed by atoms with van der Waals surface area (Å²) in [6.07, 6.45) is 1.63. The summed E-state index contributed by atoms with van der Waals surface area (Å²) < 4.78 is 12.6. The number of carbonyl (C=O) groups excluding carboxylic acids is 1. The van der Waals surface area contributed by atoms with Crippen LogP contribution in [0, 0.1) is 6.92 Å². The van der Waals surface area contributed by atoms with E-state index in [0.29, 0.717) is 28.9 Å². The Morgan fingerprint density at radius 2 is 1.93 bits per heavy atom. The van der Waals surface area contributed by atoms with Crippen molar-refractivity contribution in [3.8, 4) is 11.5 Å². The van der Waals surface area contributed by atoms with Crippen LogP contribution in [-0.4, -0.2) is 29.4 Å². The van der Waals surface area contributed by atoms with Crippen LogP contribution < -0.4 is 14.8 Å². The SMILES string of the molecule is COc1cc(C)ccc1OCC(=O)Nc1ccnn1Cc1ccc(Cl)cc1. The van der Waals surface area contributed by atoms with Crippen molar-refractivity contribution in [3.63, 3.8) is 0 Å². The lowest BCUT2D eigenvalue weighted by Crippen LogP contribution is -2.22. The lowest BCUT2D eigenvalue weighted by atomic mass is 10.2. The van der Waals surface area contributed by atoms with E-state index in [2.05, 4.69) is 10.4 Å². The molecule has 0 radical (unpaired) electrons. The second-order valence-corrected chi connectivity index (χ2v) is 6.43. The van der Waals surface area contributed by atoms with Crippen LogP contribution in [0.3, 0.4) is 0 Å². The van der Waals surface area contributed by atoms with Gasteiger partial charge in [0.1, 0.15) is 5.82 Å². The molecule has 0 saturated heterocycles. The highest BCUT2D eigenvalue weighted by atomic mass is 35.5. The topological polar surface area (TPSA) is 65.4 Å². The normalized spacial score (nSPS) is 10.5. The van der Waals surface area contributed by atoms with Gasteiger partial charge in [-0.2, -0.15) is 5.10 Å². The number of carbonyl (C=O) groups is 1. The van der Waals surface area contributed by atoms with Crippen molar-refractivity contribution < 1.29 is 14.3 Å². The van der Waals surface area contributed by atoms with Crippen molar-refractivity contribution in [2.24, 2.45) is 0 Å². The van der Waals surface area contributed by atoms with E-state index in [0.717, 1.165) is 11.1 Å². The van der Waals surface area contributed by atoms with Gasteiger partial charge < -0.3 is 14.8 Å². The Morgan fingerprint density at radius 1 is 1.15 bits per heavy atom. The zero-order valence-electron chi connectivity index (χ0n) is 15.1. The van der Waals surface area contributed by atoms with Crippen molar-refractivity contribution in [3.05, 3.63) is 70.9 Å². The second-order valence-electron chi connectivity index (χ2n) is 5.99. The predicted octanol–water partition coefficient (Wildman–Crippen LogP) is 3.92. The number of nitrogens with zero attached hydrogens (tertiary/aromatic N) is 2. The molecule has 3 aromatic rings. The smallest absolute Gasteiger partial charge is 0.263 e. The van der Waals surface area contributed by atoms with Crippen LogP contribution in [0.1, 0.15) is 11.1 Å². The first-order valence-electron chi connectivity index (χ1n) is 8.38. The number of aromatic nitrogens is 2. The predicted molar refractivity (Wildman–Crippen MR) is 105 cm³/mol. The molecule has 27 heavy (non-hydrogen) atoms. The molecular formula is C20H20ClN3O3. The third-order valence-electron chi connectivity index (χ3n) is 3.91. The van der Waals surface area contributed by atoms with Gasteiger partial charge in [0.05, 0.1) is 19.9 Å². The van der Waals surface area contributed by atoms with Crippen molar-refractivity contribution in [2.45, 2.75) is 13.5 Å². The Balaban J connectivity index is 1.60. The quantitative estimate of drug-likeness (QED) is 0.669. The van der Waals surface area contributed by atoms with Gasteiger partial charge in [0.15, 0.2) is 18.1 Å². The molecule has 6 nitrogen and oxygen atoms in total. The lowest BCUT2D eigenvalue weighted by Gasteiger charge is -2.12. The Labute approximate surface area is 162 Å².